The molecule has 2 fully saturated rings. The summed E-state index contributed by atoms with van der Waals surface area (Å²) < 4.78 is 45.5. The number of para-hydroxylation sites is 1. The van der Waals surface area contributed by atoms with Crippen molar-refractivity contribution in [2.75, 3.05) is 26.2 Å². The fourth-order valence-corrected chi connectivity index (χ4v) is 8.41. The highest BCUT2D eigenvalue weighted by atomic mass is 32.1. The molecule has 3 atom stereocenters. The standard InChI is InChI=1S/C37H35F3N4O4S/c38-37(39,40)25-11-9-23(10-12-25)26-5-1-2-7-29(26)34(46)43-17-13-24(14-18-43)33-42-31(22-49-33)35(47)44-19-16-36(41)30(21-44)27(15-20-45)28-6-3-4-8-32(28)48-36/h1-12,20,22,24,27,30H,13-19,21,41H2. The summed E-state index contributed by atoms with van der Waals surface area (Å²) in [5, 5.41) is 2.63. The number of rotatable bonds is 6. The summed E-state index contributed by atoms with van der Waals surface area (Å²) >= 11 is 1.44. The number of nitrogens with two attached hydrogens (primary N) is 1. The van der Waals surface area contributed by atoms with Crippen LogP contribution in [0.5, 0.6) is 5.75 Å². The number of halogens is 3. The van der Waals surface area contributed by atoms with Crippen LogP contribution in [0.3, 0.4) is 0 Å². The van der Waals surface area contributed by atoms with Gasteiger partial charge < -0.3 is 19.3 Å². The summed E-state index contributed by atoms with van der Waals surface area (Å²) in [6.07, 6.45) is -1.49. The number of likely N-dealkylation sites (tertiary alicyclic amines) is 2. The molecule has 3 aliphatic rings. The molecule has 8 nitrogen and oxygen atoms in total. The molecule has 0 saturated carbocycles. The van der Waals surface area contributed by atoms with Gasteiger partial charge in [0.2, 0.25) is 0 Å². The first kappa shape index (κ1) is 33.0. The number of aromatic nitrogens is 1. The van der Waals surface area contributed by atoms with E-state index < -0.39 is 17.5 Å². The van der Waals surface area contributed by atoms with E-state index in [0.717, 1.165) is 29.0 Å². The fraction of sp³-hybridized carbons (Fsp3) is 0.351. The van der Waals surface area contributed by atoms with Crippen LogP contribution < -0.4 is 10.5 Å². The van der Waals surface area contributed by atoms with Gasteiger partial charge >= 0.3 is 6.18 Å². The second-order valence-corrected chi connectivity index (χ2v) is 13.9. The van der Waals surface area contributed by atoms with Crippen LogP contribution in [0.2, 0.25) is 0 Å². The molecule has 254 valence electrons. The molecule has 12 heteroatoms. The van der Waals surface area contributed by atoms with Gasteiger partial charge in [0.25, 0.3) is 11.8 Å². The Morgan fingerprint density at radius 3 is 2.41 bits per heavy atom. The molecule has 7 rings (SSSR count). The number of carbonyl (C=O) groups is 3. The van der Waals surface area contributed by atoms with Gasteiger partial charge in [-0.1, -0.05) is 48.5 Å². The van der Waals surface area contributed by atoms with Crippen molar-refractivity contribution >= 4 is 29.4 Å². The van der Waals surface area contributed by atoms with E-state index >= 15 is 0 Å². The third kappa shape index (κ3) is 6.35. The van der Waals surface area contributed by atoms with Crippen LogP contribution in [0.25, 0.3) is 11.1 Å². The summed E-state index contributed by atoms with van der Waals surface area (Å²) in [7, 11) is 0. The molecule has 1 aromatic heterocycles. The number of thiazole rings is 1. The summed E-state index contributed by atoms with van der Waals surface area (Å²) in [6.45, 7) is 1.73. The number of hydrogen-bond donors (Lipinski definition) is 1. The quantitative estimate of drug-likeness (QED) is 0.225. The van der Waals surface area contributed by atoms with E-state index in [0.29, 0.717) is 73.6 Å². The number of nitrogens with zero attached hydrogens (tertiary/aromatic N) is 3. The van der Waals surface area contributed by atoms with Crippen molar-refractivity contribution in [1.82, 2.24) is 14.8 Å². The summed E-state index contributed by atoms with van der Waals surface area (Å²) in [6, 6.07) is 19.4. The lowest BCUT2D eigenvalue weighted by atomic mass is 9.72. The van der Waals surface area contributed by atoms with Crippen LogP contribution in [-0.2, 0) is 11.0 Å². The molecule has 3 aromatic carbocycles. The van der Waals surface area contributed by atoms with Crippen molar-refractivity contribution in [3.05, 3.63) is 106 Å². The molecule has 3 unspecified atom stereocenters. The van der Waals surface area contributed by atoms with Gasteiger partial charge in [0.15, 0.2) is 5.72 Å². The van der Waals surface area contributed by atoms with Crippen LogP contribution >= 0.6 is 11.3 Å². The summed E-state index contributed by atoms with van der Waals surface area (Å²) in [5.41, 5.74) is 7.92. The van der Waals surface area contributed by atoms with Gasteiger partial charge in [0.1, 0.15) is 17.7 Å². The van der Waals surface area contributed by atoms with Crippen molar-refractivity contribution in [3.8, 4) is 16.9 Å². The lowest BCUT2D eigenvalue weighted by Gasteiger charge is -2.51. The molecule has 4 aromatic rings. The topological polar surface area (TPSA) is 106 Å². The lowest BCUT2D eigenvalue weighted by molar-refractivity contribution is -0.137. The summed E-state index contributed by atoms with van der Waals surface area (Å²) in [5.74, 6) is -0.00128. The van der Waals surface area contributed by atoms with Crippen LogP contribution in [0.1, 0.15) is 74.5 Å². The molecule has 0 spiro atoms. The first-order chi connectivity index (χ1) is 23.6. The molecule has 0 bridgehead atoms. The molecule has 3 aliphatic heterocycles. The monoisotopic (exact) mass is 688 g/mol. The maximum Gasteiger partial charge on any atom is 0.416 e. The minimum atomic E-state index is -4.44. The van der Waals surface area contributed by atoms with Crippen molar-refractivity contribution < 1.29 is 32.3 Å². The Hall–Kier alpha value is -4.55. The zero-order valence-electron chi connectivity index (χ0n) is 26.6. The molecule has 2 N–H and O–H groups in total. The number of piperidine rings is 2. The fourth-order valence-electron chi connectivity index (χ4n) is 7.45. The van der Waals surface area contributed by atoms with Crippen molar-refractivity contribution in [3.63, 3.8) is 0 Å². The molecule has 0 radical (unpaired) electrons. The highest BCUT2D eigenvalue weighted by molar-refractivity contribution is 7.09. The molecule has 4 heterocycles. The first-order valence-electron chi connectivity index (χ1n) is 16.4. The summed E-state index contributed by atoms with van der Waals surface area (Å²) in [4.78, 5) is 47.3. The Labute approximate surface area is 285 Å². The predicted octanol–water partition coefficient (Wildman–Crippen LogP) is 6.73. The molecule has 0 aliphatic carbocycles. The van der Waals surface area contributed by atoms with E-state index in [-0.39, 0.29) is 36.0 Å². The smallest absolute Gasteiger partial charge is 0.416 e. The molecule has 2 saturated heterocycles. The van der Waals surface area contributed by atoms with Crippen LogP contribution in [0, 0.1) is 5.92 Å². The van der Waals surface area contributed by atoms with Gasteiger partial charge in [-0.05, 0) is 53.8 Å². The van der Waals surface area contributed by atoms with E-state index in [9.17, 15) is 27.6 Å². The Balaban J connectivity index is 1.00. The average Bonchev–Trinajstić information content (AvgIpc) is 3.61. The predicted molar refractivity (Wildman–Crippen MR) is 178 cm³/mol. The Morgan fingerprint density at radius 1 is 0.959 bits per heavy atom. The number of aldehydes is 1. The number of amides is 2. The van der Waals surface area contributed by atoms with Gasteiger partial charge in [-0.2, -0.15) is 13.2 Å². The number of benzene rings is 3. The van der Waals surface area contributed by atoms with Crippen molar-refractivity contribution in [1.29, 1.82) is 0 Å². The maximum atomic E-state index is 13.7. The normalized spacial score (nSPS) is 22.5. The first-order valence-corrected chi connectivity index (χ1v) is 17.2. The molecule has 49 heavy (non-hydrogen) atoms. The van der Waals surface area contributed by atoms with E-state index in [2.05, 4.69) is 0 Å². The van der Waals surface area contributed by atoms with Gasteiger partial charge in [-0.3, -0.25) is 15.3 Å². The van der Waals surface area contributed by atoms with E-state index in [1.54, 1.807) is 39.4 Å². The Kier molecular flexibility index (Phi) is 8.78. The SMILES string of the molecule is NC12CCN(C(=O)c3csc(C4CCN(C(=O)c5ccccc5-c5ccc(C(F)(F)F)cc5)CC4)n3)CC1C(CC=O)c1ccccc1O2. The van der Waals surface area contributed by atoms with Crippen molar-refractivity contribution in [2.45, 2.75) is 49.4 Å². The lowest BCUT2D eigenvalue weighted by Crippen LogP contribution is -2.64. The second kappa shape index (κ2) is 13.1. The zero-order chi connectivity index (χ0) is 34.3. The van der Waals surface area contributed by atoms with Gasteiger partial charge in [-0.25, -0.2) is 4.98 Å². The number of carbonyl (C=O) groups excluding carboxylic acids is 3. The highest BCUT2D eigenvalue weighted by Crippen LogP contribution is 2.48. The van der Waals surface area contributed by atoms with Gasteiger partial charge in [-0.15, -0.1) is 11.3 Å². The third-order valence-corrected chi connectivity index (χ3v) is 11.1. The number of alkyl halides is 3. The van der Waals surface area contributed by atoms with Crippen molar-refractivity contribution in [2.24, 2.45) is 11.7 Å². The number of ether oxygens (including phenoxy) is 1. The van der Waals surface area contributed by atoms with E-state index in [4.69, 9.17) is 15.5 Å². The van der Waals surface area contributed by atoms with E-state index in [1.165, 1.54) is 23.5 Å². The average molecular weight is 689 g/mol. The largest absolute Gasteiger partial charge is 0.472 e. The highest BCUT2D eigenvalue weighted by Gasteiger charge is 2.51. The number of hydrogen-bond acceptors (Lipinski definition) is 7. The molecular formula is C37H35F3N4O4S. The third-order valence-electron chi connectivity index (χ3n) is 10.1. The minimum Gasteiger partial charge on any atom is -0.472 e. The Bertz CT molecular complexity index is 1870. The zero-order valence-corrected chi connectivity index (χ0v) is 27.4. The minimum absolute atomic E-state index is 0.0824. The molecular weight excluding hydrogens is 653 g/mol. The Morgan fingerprint density at radius 2 is 1.67 bits per heavy atom. The number of fused-ring (bicyclic) bond motifs is 2. The van der Waals surface area contributed by atoms with Crippen LogP contribution in [0.4, 0.5) is 13.2 Å². The van der Waals surface area contributed by atoms with Gasteiger partial charge in [0, 0.05) is 67.7 Å². The maximum absolute atomic E-state index is 13.7. The van der Waals surface area contributed by atoms with Crippen LogP contribution in [0.15, 0.2) is 78.2 Å². The molecule has 2 amide bonds. The second-order valence-electron chi connectivity index (χ2n) is 13.0. The van der Waals surface area contributed by atoms with Crippen LogP contribution in [-0.4, -0.2) is 64.8 Å². The van der Waals surface area contributed by atoms with E-state index in [1.807, 2.05) is 24.3 Å². The van der Waals surface area contributed by atoms with Gasteiger partial charge in [0.05, 0.1) is 10.6 Å².